The Bertz CT molecular complexity index is 2060. The van der Waals surface area contributed by atoms with Crippen LogP contribution in [0.25, 0.3) is 0 Å². The minimum absolute atomic E-state index is 0.0112. The van der Waals surface area contributed by atoms with E-state index in [0.29, 0.717) is 36.4 Å². The lowest BCUT2D eigenvalue weighted by Gasteiger charge is -2.40. The molecule has 56 heavy (non-hydrogen) atoms. The molecule has 12 heteroatoms. The summed E-state index contributed by atoms with van der Waals surface area (Å²) in [7, 11) is 0. The molecular formula is C44H52O4P4S4. The first-order valence-corrected chi connectivity index (χ1v) is 31.7. The van der Waals surface area contributed by atoms with Crippen molar-refractivity contribution in [2.75, 3.05) is 51.1 Å². The highest BCUT2D eigenvalue weighted by molar-refractivity contribution is 8.20. The highest BCUT2D eigenvalue weighted by Gasteiger charge is 2.74. The molecule has 0 N–H and O–H groups in total. The van der Waals surface area contributed by atoms with E-state index in [1.165, 1.54) is 12.3 Å². The molecule has 0 unspecified atom stereocenters. The van der Waals surface area contributed by atoms with Gasteiger partial charge in [0.05, 0.1) is 37.6 Å². The summed E-state index contributed by atoms with van der Waals surface area (Å²) in [5, 5.41) is 4.48. The molecule has 4 aromatic rings. The lowest BCUT2D eigenvalue weighted by Crippen LogP contribution is -2.46. The van der Waals surface area contributed by atoms with Gasteiger partial charge in [0.15, 0.2) is 0 Å². The zero-order chi connectivity index (χ0) is 39.2. The van der Waals surface area contributed by atoms with Crippen LogP contribution in [0.4, 0.5) is 0 Å². The summed E-state index contributed by atoms with van der Waals surface area (Å²) < 4.78 is 26.1. The number of benzene rings is 4. The Morgan fingerprint density at radius 2 is 0.804 bits per heavy atom. The van der Waals surface area contributed by atoms with Crippen LogP contribution >= 0.6 is 24.6 Å². The first-order valence-electron chi connectivity index (χ1n) is 19.8. The van der Waals surface area contributed by atoms with E-state index in [1.807, 2.05) is 24.3 Å². The van der Waals surface area contributed by atoms with Crippen LogP contribution in [0.15, 0.2) is 121 Å². The Morgan fingerprint density at radius 3 is 1.09 bits per heavy atom. The predicted octanol–water partition coefficient (Wildman–Crippen LogP) is 8.67. The average molecular weight is 897 g/mol. The molecule has 10 atom stereocenters. The molecule has 4 aromatic carbocycles. The molecule has 6 heterocycles. The molecule has 0 radical (unpaired) electrons. The maximum atomic E-state index is 6.76. The van der Waals surface area contributed by atoms with Crippen LogP contribution in [0.1, 0.15) is 27.7 Å². The lowest BCUT2D eigenvalue weighted by atomic mass is 9.69. The van der Waals surface area contributed by atoms with Gasteiger partial charge in [0, 0.05) is 67.5 Å². The van der Waals surface area contributed by atoms with E-state index < -0.39 is 24.6 Å². The van der Waals surface area contributed by atoms with E-state index in [2.05, 4.69) is 125 Å². The van der Waals surface area contributed by atoms with E-state index in [4.69, 9.17) is 65.7 Å². The fourth-order valence-corrected chi connectivity index (χ4v) is 32.3. The normalized spacial score (nSPS) is 38.8. The van der Waals surface area contributed by atoms with E-state index in [9.17, 15) is 0 Å². The molecule has 0 spiro atoms. The number of ether oxygens (including phenoxy) is 2. The Morgan fingerprint density at radius 1 is 0.518 bits per heavy atom. The maximum absolute atomic E-state index is 6.76. The molecule has 4 nitrogen and oxygen atoms in total. The molecule has 6 fully saturated rings. The molecule has 6 aliphatic rings. The van der Waals surface area contributed by atoms with E-state index in [-0.39, 0.29) is 22.0 Å². The Kier molecular flexibility index (Phi) is 10.5. The Labute approximate surface area is 354 Å². The van der Waals surface area contributed by atoms with Gasteiger partial charge >= 0.3 is 0 Å². The molecule has 10 rings (SSSR count). The van der Waals surface area contributed by atoms with Crippen molar-refractivity contribution in [3.05, 3.63) is 121 Å². The summed E-state index contributed by atoms with van der Waals surface area (Å²) in [6.07, 6.45) is -0.182. The van der Waals surface area contributed by atoms with Gasteiger partial charge in [-0.05, 0) is 38.2 Å². The molecule has 6 aliphatic heterocycles. The predicted molar refractivity (Wildman–Crippen MR) is 252 cm³/mol. The highest BCUT2D eigenvalue weighted by Crippen LogP contribution is 2.81. The first kappa shape index (κ1) is 40.7. The van der Waals surface area contributed by atoms with Crippen LogP contribution in [0.3, 0.4) is 0 Å². The summed E-state index contributed by atoms with van der Waals surface area (Å²) in [5.74, 6) is 1.04. The van der Waals surface area contributed by atoms with Gasteiger partial charge in [-0.15, -0.1) is 0 Å². The fourth-order valence-electron chi connectivity index (χ4n) is 11.5. The first-order chi connectivity index (χ1) is 26.6. The largest absolute Gasteiger partial charge is 0.374 e. The summed E-state index contributed by atoms with van der Waals surface area (Å²) in [6, 6.07) is 38.5. The van der Waals surface area contributed by atoms with Crippen molar-refractivity contribution in [3.63, 3.8) is 0 Å². The second-order valence-electron chi connectivity index (χ2n) is 17.8. The van der Waals surface area contributed by atoms with Crippen molar-refractivity contribution in [1.29, 1.82) is 0 Å². The van der Waals surface area contributed by atoms with Gasteiger partial charge in [-0.25, -0.2) is 0 Å². The van der Waals surface area contributed by atoms with Gasteiger partial charge in [-0.2, -0.15) is 0 Å². The van der Waals surface area contributed by atoms with E-state index in [1.54, 1.807) is 0 Å². The summed E-state index contributed by atoms with van der Waals surface area (Å²) >= 11 is 25.2. The standard InChI is InChI=1S/2C22H26O2P2S2/c2*1-21-15-25(27)16-22(21,2)23-13-19(21)20(25)14-24-26(28,17-9-5-3-6-10-17)18-11-7-4-8-12-18/h2*3-12,19-20H,13-16H2,1-2H3/t2*19-,20+,21+,22+,25-/m11/s1. The average Bonchev–Trinajstić information content (AvgIpc) is 3.83. The topological polar surface area (TPSA) is 36.9 Å². The number of rotatable bonds is 10. The molecule has 4 bridgehead atoms. The fraction of sp³-hybridized carbons (Fsp3) is 0.455. The second kappa shape index (κ2) is 14.5. The summed E-state index contributed by atoms with van der Waals surface area (Å²) in [4.78, 5) is 0. The third-order valence-corrected chi connectivity index (χ3v) is 34.3. The van der Waals surface area contributed by atoms with Crippen LogP contribution in [-0.2, 0) is 65.7 Å². The zero-order valence-corrected chi connectivity index (χ0v) is 39.4. The summed E-state index contributed by atoms with van der Waals surface area (Å²) in [5.41, 5.74) is 1.30. The molecule has 0 amide bonds. The van der Waals surface area contributed by atoms with Crippen molar-refractivity contribution < 1.29 is 18.5 Å². The third kappa shape index (κ3) is 6.21. The smallest absolute Gasteiger partial charge is 0.123 e. The molecule has 0 aliphatic carbocycles. The van der Waals surface area contributed by atoms with E-state index in [0.717, 1.165) is 46.8 Å². The molecule has 0 aromatic heterocycles. The molecule has 296 valence electrons. The lowest BCUT2D eigenvalue weighted by molar-refractivity contribution is -0.00764. The number of fused-ring (bicyclic) bond motifs is 2. The van der Waals surface area contributed by atoms with Crippen LogP contribution in [0, 0.1) is 22.7 Å². The third-order valence-electron chi connectivity index (χ3n) is 14.9. The van der Waals surface area contributed by atoms with Gasteiger partial charge in [-0.3, -0.25) is 0 Å². The minimum atomic E-state index is -2.33. The maximum Gasteiger partial charge on any atom is 0.123 e. The van der Waals surface area contributed by atoms with Crippen LogP contribution in [-0.4, -0.2) is 73.6 Å². The van der Waals surface area contributed by atoms with Crippen molar-refractivity contribution in [2.24, 2.45) is 22.7 Å². The van der Waals surface area contributed by atoms with Gasteiger partial charge < -0.3 is 18.5 Å². The second-order valence-corrected chi connectivity index (χ2v) is 36.5. The van der Waals surface area contributed by atoms with Crippen molar-refractivity contribution in [3.8, 4) is 0 Å². The van der Waals surface area contributed by atoms with E-state index >= 15 is 0 Å². The van der Waals surface area contributed by atoms with Gasteiger partial charge in [0.1, 0.15) is 12.5 Å². The van der Waals surface area contributed by atoms with Gasteiger partial charge in [0.2, 0.25) is 0 Å². The van der Waals surface area contributed by atoms with Crippen molar-refractivity contribution in [1.82, 2.24) is 0 Å². The van der Waals surface area contributed by atoms with Crippen LogP contribution in [0.5, 0.6) is 0 Å². The Hall–Kier alpha value is -0.680. The quantitative estimate of drug-likeness (QED) is 0.147. The monoisotopic (exact) mass is 896 g/mol. The molecule has 0 saturated carbocycles. The number of hydrogen-bond acceptors (Lipinski definition) is 8. The van der Waals surface area contributed by atoms with Gasteiger partial charge in [0.25, 0.3) is 0 Å². The summed E-state index contributed by atoms with van der Waals surface area (Å²) in [6.45, 7) is 12.4. The highest BCUT2D eigenvalue weighted by atomic mass is 32.5. The minimum Gasteiger partial charge on any atom is -0.374 e. The Balaban J connectivity index is 0.000000146. The van der Waals surface area contributed by atoms with Crippen molar-refractivity contribution >= 4 is 93.1 Å². The molecule has 6 saturated heterocycles. The number of hydrogen-bond donors (Lipinski definition) is 0. The SMILES string of the molecule is C[C@@]12C[P@@]3(=S)C[C@]1(C)OC[C@@H]2[C@@H]3COP(=S)(c1ccccc1)c1ccccc1.C[C@@]12C[P@@]3(=S)C[C@]1(C)OC[C@@H]2[C@@H]3COP(=S)(c1ccccc1)c1ccccc1. The van der Waals surface area contributed by atoms with Crippen LogP contribution in [0.2, 0.25) is 0 Å². The zero-order valence-electron chi connectivity index (χ0n) is 32.6. The van der Waals surface area contributed by atoms with Crippen LogP contribution < -0.4 is 21.2 Å². The van der Waals surface area contributed by atoms with Crippen molar-refractivity contribution in [2.45, 2.75) is 50.2 Å². The molecular weight excluding hydrogens is 845 g/mol. The van der Waals surface area contributed by atoms with Gasteiger partial charge in [-0.1, -0.05) is 182 Å².